The molecule has 0 saturated carbocycles. The van der Waals surface area contributed by atoms with Crippen LogP contribution in [0.2, 0.25) is 0 Å². The van der Waals surface area contributed by atoms with Gasteiger partial charge >= 0.3 is 12.2 Å². The van der Waals surface area contributed by atoms with Crippen LogP contribution in [0, 0.1) is 0 Å². The maximum absolute atomic E-state index is 13.0. The number of aromatic nitrogens is 3. The number of carbonyl (C=O) groups excluding carboxylic acids is 1. The van der Waals surface area contributed by atoms with Gasteiger partial charge in [-0.1, -0.05) is 18.2 Å². The van der Waals surface area contributed by atoms with E-state index in [1.54, 1.807) is 18.2 Å². The van der Waals surface area contributed by atoms with Gasteiger partial charge in [-0.3, -0.25) is 0 Å². The van der Waals surface area contributed by atoms with Crippen molar-refractivity contribution in [1.29, 1.82) is 0 Å². The van der Waals surface area contributed by atoms with E-state index in [0.717, 1.165) is 29.0 Å². The van der Waals surface area contributed by atoms with E-state index >= 15 is 0 Å². The van der Waals surface area contributed by atoms with Gasteiger partial charge in [-0.05, 0) is 50.2 Å². The van der Waals surface area contributed by atoms with Crippen LogP contribution in [-0.4, -0.2) is 45.9 Å². The van der Waals surface area contributed by atoms with Gasteiger partial charge in [0.1, 0.15) is 5.52 Å². The SMILES string of the molecule is CC1CN(c2nc(-c3cccc(NC(=O)Nc4cccc(C(F)(F)F)c4)c3)nc3ccn(C)c23)CC(C)O1. The fourth-order valence-electron chi connectivity index (χ4n) is 4.67. The molecule has 1 aliphatic rings. The Labute approximate surface area is 217 Å². The zero-order chi connectivity index (χ0) is 27.0. The lowest BCUT2D eigenvalue weighted by atomic mass is 10.1. The molecule has 8 nitrogen and oxygen atoms in total. The zero-order valence-electron chi connectivity index (χ0n) is 21.1. The molecule has 1 aliphatic heterocycles. The van der Waals surface area contributed by atoms with E-state index in [2.05, 4.69) is 15.5 Å². The second-order valence-corrected chi connectivity index (χ2v) is 9.43. The molecule has 0 aliphatic carbocycles. The number of ether oxygens (including phenoxy) is 1. The molecule has 0 spiro atoms. The molecule has 3 heterocycles. The highest BCUT2D eigenvalue weighted by Gasteiger charge is 2.30. The van der Waals surface area contributed by atoms with Crippen molar-refractivity contribution in [2.75, 3.05) is 28.6 Å². The first-order valence-corrected chi connectivity index (χ1v) is 12.2. The summed E-state index contributed by atoms with van der Waals surface area (Å²) in [5.41, 5.74) is 2.03. The van der Waals surface area contributed by atoms with Crippen molar-refractivity contribution in [1.82, 2.24) is 14.5 Å². The third kappa shape index (κ3) is 5.42. The van der Waals surface area contributed by atoms with Crippen molar-refractivity contribution in [3.63, 3.8) is 0 Å². The Morgan fingerprint density at radius 1 is 0.974 bits per heavy atom. The van der Waals surface area contributed by atoms with Gasteiger partial charge in [-0.15, -0.1) is 0 Å². The fourth-order valence-corrected chi connectivity index (χ4v) is 4.67. The molecule has 0 radical (unpaired) electrons. The van der Waals surface area contributed by atoms with Crippen molar-refractivity contribution < 1.29 is 22.7 Å². The standard InChI is InChI=1S/C27H27F3N6O2/c1-16-14-36(15-17(2)38-16)25-23-22(10-11-35(23)3)33-24(34-25)18-6-4-8-20(12-18)31-26(37)32-21-9-5-7-19(13-21)27(28,29)30/h4-13,16-17H,14-15H2,1-3H3,(H2,31,32,37). The molecule has 2 N–H and O–H groups in total. The molecule has 2 atom stereocenters. The number of amides is 2. The van der Waals surface area contributed by atoms with E-state index in [1.165, 1.54) is 12.1 Å². The first-order valence-electron chi connectivity index (χ1n) is 12.2. The molecule has 2 amide bonds. The van der Waals surface area contributed by atoms with Crippen LogP contribution >= 0.6 is 0 Å². The maximum atomic E-state index is 13.0. The third-order valence-electron chi connectivity index (χ3n) is 6.25. The summed E-state index contributed by atoms with van der Waals surface area (Å²) in [6.07, 6.45) is -2.46. The van der Waals surface area contributed by atoms with Crippen LogP contribution in [0.5, 0.6) is 0 Å². The van der Waals surface area contributed by atoms with Crippen LogP contribution in [0.3, 0.4) is 0 Å². The summed E-state index contributed by atoms with van der Waals surface area (Å²) < 4.78 is 46.9. The highest BCUT2D eigenvalue weighted by molar-refractivity contribution is 6.00. The summed E-state index contributed by atoms with van der Waals surface area (Å²) in [6.45, 7) is 5.45. The zero-order valence-corrected chi connectivity index (χ0v) is 21.1. The highest BCUT2D eigenvalue weighted by atomic mass is 19.4. The Hall–Kier alpha value is -4.12. The number of benzene rings is 2. The van der Waals surface area contributed by atoms with Gasteiger partial charge in [0.25, 0.3) is 0 Å². The molecule has 38 heavy (non-hydrogen) atoms. The molecular weight excluding hydrogens is 497 g/mol. The topological polar surface area (TPSA) is 84.3 Å². The number of anilines is 3. The monoisotopic (exact) mass is 524 g/mol. The third-order valence-corrected chi connectivity index (χ3v) is 6.25. The Morgan fingerprint density at radius 3 is 2.32 bits per heavy atom. The van der Waals surface area contributed by atoms with E-state index in [1.807, 2.05) is 43.8 Å². The maximum Gasteiger partial charge on any atom is 0.416 e. The largest absolute Gasteiger partial charge is 0.416 e. The summed E-state index contributed by atoms with van der Waals surface area (Å²) in [5.74, 6) is 1.30. The van der Waals surface area contributed by atoms with E-state index in [4.69, 9.17) is 14.7 Å². The fraction of sp³-hybridized carbons (Fsp3) is 0.296. The molecule has 5 rings (SSSR count). The highest BCUT2D eigenvalue weighted by Crippen LogP contribution is 2.32. The number of fused-ring (bicyclic) bond motifs is 1. The minimum absolute atomic E-state index is 0.0324. The summed E-state index contributed by atoms with van der Waals surface area (Å²) in [5, 5.41) is 5.12. The van der Waals surface area contributed by atoms with Gasteiger partial charge in [-0.2, -0.15) is 13.2 Å². The van der Waals surface area contributed by atoms with E-state index in [9.17, 15) is 18.0 Å². The van der Waals surface area contributed by atoms with Gasteiger partial charge in [0.15, 0.2) is 11.6 Å². The molecule has 1 fully saturated rings. The number of morpholine rings is 1. The van der Waals surface area contributed by atoms with Gasteiger partial charge in [0.05, 0.1) is 23.3 Å². The molecule has 198 valence electrons. The molecule has 11 heteroatoms. The van der Waals surface area contributed by atoms with Crippen molar-refractivity contribution in [3.05, 3.63) is 66.4 Å². The predicted octanol–water partition coefficient (Wildman–Crippen LogP) is 5.91. The first kappa shape index (κ1) is 25.5. The molecule has 2 aromatic heterocycles. The average Bonchev–Trinajstić information content (AvgIpc) is 3.23. The summed E-state index contributed by atoms with van der Waals surface area (Å²) in [7, 11) is 1.95. The van der Waals surface area contributed by atoms with E-state index in [0.29, 0.717) is 30.2 Å². The molecule has 1 saturated heterocycles. The van der Waals surface area contributed by atoms with Crippen LogP contribution in [0.1, 0.15) is 19.4 Å². The first-order chi connectivity index (χ1) is 18.1. The summed E-state index contributed by atoms with van der Waals surface area (Å²) in [6, 6.07) is 12.7. The second-order valence-electron chi connectivity index (χ2n) is 9.43. The lowest BCUT2D eigenvalue weighted by molar-refractivity contribution is -0.137. The number of urea groups is 1. The minimum Gasteiger partial charge on any atom is -0.372 e. The Kier molecular flexibility index (Phi) is 6.70. The van der Waals surface area contributed by atoms with E-state index in [-0.39, 0.29) is 17.9 Å². The van der Waals surface area contributed by atoms with Crippen LogP contribution in [-0.2, 0) is 18.0 Å². The molecule has 2 aromatic carbocycles. The minimum atomic E-state index is -4.50. The van der Waals surface area contributed by atoms with Gasteiger partial charge < -0.3 is 24.8 Å². The molecule has 0 bridgehead atoms. The van der Waals surface area contributed by atoms with Crippen molar-refractivity contribution in [3.8, 4) is 11.4 Å². The van der Waals surface area contributed by atoms with Crippen molar-refractivity contribution in [2.24, 2.45) is 7.05 Å². The van der Waals surface area contributed by atoms with Crippen LogP contribution in [0.15, 0.2) is 60.8 Å². The van der Waals surface area contributed by atoms with E-state index < -0.39 is 17.8 Å². The number of hydrogen-bond acceptors (Lipinski definition) is 5. The summed E-state index contributed by atoms with van der Waals surface area (Å²) >= 11 is 0. The molecular formula is C27H27F3N6O2. The normalized spacial score (nSPS) is 18.0. The van der Waals surface area contributed by atoms with Crippen LogP contribution in [0.25, 0.3) is 22.4 Å². The number of alkyl halides is 3. The number of hydrogen-bond donors (Lipinski definition) is 2. The van der Waals surface area contributed by atoms with Crippen LogP contribution < -0.4 is 15.5 Å². The lowest BCUT2D eigenvalue weighted by Gasteiger charge is -2.36. The van der Waals surface area contributed by atoms with Crippen molar-refractivity contribution >= 4 is 34.3 Å². The molecule has 2 unspecified atom stereocenters. The van der Waals surface area contributed by atoms with Crippen LogP contribution in [0.4, 0.5) is 35.2 Å². The quantitative estimate of drug-likeness (QED) is 0.347. The van der Waals surface area contributed by atoms with Crippen molar-refractivity contribution in [2.45, 2.75) is 32.2 Å². The number of nitrogens with zero attached hydrogens (tertiary/aromatic N) is 4. The van der Waals surface area contributed by atoms with Gasteiger partial charge in [0.2, 0.25) is 0 Å². The lowest BCUT2D eigenvalue weighted by Crippen LogP contribution is -2.46. The number of rotatable bonds is 4. The number of carbonyl (C=O) groups is 1. The predicted molar refractivity (Wildman–Crippen MR) is 140 cm³/mol. The number of nitrogens with one attached hydrogen (secondary N) is 2. The Bertz CT molecular complexity index is 1480. The Balaban J connectivity index is 1.41. The smallest absolute Gasteiger partial charge is 0.372 e. The van der Waals surface area contributed by atoms with Gasteiger partial charge in [0, 0.05) is 43.3 Å². The Morgan fingerprint density at radius 2 is 1.63 bits per heavy atom. The molecule has 4 aromatic rings. The average molecular weight is 525 g/mol. The number of aryl methyl sites for hydroxylation is 1. The second kappa shape index (κ2) is 9.97. The summed E-state index contributed by atoms with van der Waals surface area (Å²) in [4.78, 5) is 24.4. The number of halogens is 3. The van der Waals surface area contributed by atoms with Gasteiger partial charge in [-0.25, -0.2) is 14.8 Å².